The van der Waals surface area contributed by atoms with E-state index >= 15 is 0 Å². The molecule has 0 N–H and O–H groups in total. The largest absolute Gasteiger partial charge is 0.307 e. The third-order valence-electron chi connectivity index (χ3n) is 4.66. The molecule has 0 saturated carbocycles. The number of rotatable bonds is 2. The van der Waals surface area contributed by atoms with Crippen molar-refractivity contribution in [3.05, 3.63) is 65.2 Å². The Hall–Kier alpha value is -2.13. The number of aryl methyl sites for hydroxylation is 2. The number of carbonyl (C=O) groups is 1. The number of amides is 1. The minimum absolute atomic E-state index is 0.0925. The Morgan fingerprint density at radius 2 is 1.91 bits per heavy atom. The van der Waals surface area contributed by atoms with E-state index in [1.54, 1.807) is 0 Å². The molecule has 3 rings (SSSR count). The van der Waals surface area contributed by atoms with Crippen LogP contribution in [0.4, 0.5) is 5.69 Å². The van der Waals surface area contributed by atoms with Crippen molar-refractivity contribution < 1.29 is 4.79 Å². The quantitative estimate of drug-likeness (QED) is 0.847. The predicted octanol–water partition coefficient (Wildman–Crippen LogP) is 3.52. The Morgan fingerprint density at radius 3 is 2.65 bits per heavy atom. The normalized spacial score (nSPS) is 17.7. The molecule has 1 atom stereocenters. The van der Waals surface area contributed by atoms with E-state index in [0.29, 0.717) is 6.04 Å². The highest BCUT2D eigenvalue weighted by Crippen LogP contribution is 2.28. The molecule has 0 spiro atoms. The van der Waals surface area contributed by atoms with E-state index in [0.717, 1.165) is 36.2 Å². The van der Waals surface area contributed by atoms with Crippen molar-refractivity contribution in [2.75, 3.05) is 25.5 Å². The molecule has 3 heteroatoms. The minimum atomic E-state index is 0.0925. The second kappa shape index (κ2) is 6.55. The summed E-state index contributed by atoms with van der Waals surface area (Å²) >= 11 is 0. The van der Waals surface area contributed by atoms with Crippen LogP contribution in [-0.2, 0) is 6.42 Å². The summed E-state index contributed by atoms with van der Waals surface area (Å²) < 4.78 is 0. The maximum Gasteiger partial charge on any atom is 0.258 e. The average molecular weight is 308 g/mol. The fourth-order valence-electron chi connectivity index (χ4n) is 3.26. The van der Waals surface area contributed by atoms with Crippen LogP contribution < -0.4 is 4.90 Å². The van der Waals surface area contributed by atoms with Gasteiger partial charge in [0.2, 0.25) is 0 Å². The summed E-state index contributed by atoms with van der Waals surface area (Å²) in [6.45, 7) is 2.76. The molecule has 0 aliphatic carbocycles. The van der Waals surface area contributed by atoms with Crippen LogP contribution in [0.15, 0.2) is 48.5 Å². The molecular weight excluding hydrogens is 284 g/mol. The smallest absolute Gasteiger partial charge is 0.258 e. The Kier molecular flexibility index (Phi) is 4.49. The van der Waals surface area contributed by atoms with Crippen LogP contribution in [0.2, 0.25) is 0 Å². The molecule has 0 bridgehead atoms. The minimum Gasteiger partial charge on any atom is -0.307 e. The highest BCUT2D eigenvalue weighted by atomic mass is 16.2. The standard InChI is InChI=1S/C20H24N2O/c1-15-7-6-9-17(13-15)20(23)22-14-18(21(2)3)12-11-16-8-4-5-10-19(16)22/h4-10,13,18H,11-12,14H2,1-3H3. The van der Waals surface area contributed by atoms with Gasteiger partial charge in [-0.15, -0.1) is 0 Å². The van der Waals surface area contributed by atoms with Crippen molar-refractivity contribution in [3.63, 3.8) is 0 Å². The van der Waals surface area contributed by atoms with Crippen molar-refractivity contribution in [2.45, 2.75) is 25.8 Å². The summed E-state index contributed by atoms with van der Waals surface area (Å²) in [5, 5.41) is 0. The summed E-state index contributed by atoms with van der Waals surface area (Å²) in [5.74, 6) is 0.0925. The number of fused-ring (bicyclic) bond motifs is 1. The summed E-state index contributed by atoms with van der Waals surface area (Å²) in [4.78, 5) is 17.3. The fraction of sp³-hybridized carbons (Fsp3) is 0.350. The lowest BCUT2D eigenvalue weighted by Crippen LogP contribution is -2.42. The summed E-state index contributed by atoms with van der Waals surface area (Å²) in [6, 6.07) is 16.5. The molecule has 0 radical (unpaired) electrons. The maximum absolute atomic E-state index is 13.1. The lowest BCUT2D eigenvalue weighted by atomic mass is 10.1. The van der Waals surface area contributed by atoms with Crippen molar-refractivity contribution >= 4 is 11.6 Å². The average Bonchev–Trinajstić information content (AvgIpc) is 2.74. The topological polar surface area (TPSA) is 23.6 Å². The molecule has 1 unspecified atom stereocenters. The zero-order chi connectivity index (χ0) is 16.4. The number of para-hydroxylation sites is 1. The van der Waals surface area contributed by atoms with Gasteiger partial charge in [0.25, 0.3) is 5.91 Å². The van der Waals surface area contributed by atoms with Gasteiger partial charge >= 0.3 is 0 Å². The molecule has 2 aromatic rings. The number of carbonyl (C=O) groups excluding carboxylic acids is 1. The molecule has 23 heavy (non-hydrogen) atoms. The third kappa shape index (κ3) is 3.30. The molecule has 1 aliphatic rings. The van der Waals surface area contributed by atoms with Gasteiger partial charge in [-0.25, -0.2) is 0 Å². The Balaban J connectivity index is 2.01. The van der Waals surface area contributed by atoms with Crippen LogP contribution in [0, 0.1) is 6.92 Å². The van der Waals surface area contributed by atoms with Gasteiger partial charge in [-0.05, 0) is 57.6 Å². The van der Waals surface area contributed by atoms with Crippen LogP contribution in [0.3, 0.4) is 0 Å². The SMILES string of the molecule is Cc1cccc(C(=O)N2CC(N(C)C)CCc3ccccc32)c1. The summed E-state index contributed by atoms with van der Waals surface area (Å²) in [6.07, 6.45) is 2.08. The van der Waals surface area contributed by atoms with Gasteiger partial charge in [-0.2, -0.15) is 0 Å². The number of hydrogen-bond donors (Lipinski definition) is 0. The first-order valence-corrected chi connectivity index (χ1v) is 8.19. The van der Waals surface area contributed by atoms with Gasteiger partial charge in [0.1, 0.15) is 0 Å². The number of anilines is 1. The van der Waals surface area contributed by atoms with Gasteiger partial charge in [0.15, 0.2) is 0 Å². The van der Waals surface area contributed by atoms with Crippen LogP contribution in [0.5, 0.6) is 0 Å². The van der Waals surface area contributed by atoms with Crippen molar-refractivity contribution in [3.8, 4) is 0 Å². The molecule has 1 aliphatic heterocycles. The zero-order valence-electron chi connectivity index (χ0n) is 14.1. The molecule has 0 fully saturated rings. The van der Waals surface area contributed by atoms with E-state index in [1.807, 2.05) is 42.2 Å². The first-order chi connectivity index (χ1) is 11.1. The lowest BCUT2D eigenvalue weighted by Gasteiger charge is -2.29. The number of likely N-dealkylation sites (N-methyl/N-ethyl adjacent to an activating group) is 1. The second-order valence-corrected chi connectivity index (χ2v) is 6.57. The van der Waals surface area contributed by atoms with E-state index in [2.05, 4.69) is 37.2 Å². The van der Waals surface area contributed by atoms with E-state index in [1.165, 1.54) is 5.56 Å². The van der Waals surface area contributed by atoms with Crippen LogP contribution in [-0.4, -0.2) is 37.5 Å². The van der Waals surface area contributed by atoms with Crippen molar-refractivity contribution in [1.29, 1.82) is 0 Å². The Bertz CT molecular complexity index is 708. The van der Waals surface area contributed by atoms with Gasteiger partial charge in [0.05, 0.1) is 0 Å². The Labute approximate surface area is 138 Å². The van der Waals surface area contributed by atoms with Crippen molar-refractivity contribution in [1.82, 2.24) is 4.90 Å². The first-order valence-electron chi connectivity index (χ1n) is 8.19. The van der Waals surface area contributed by atoms with E-state index in [9.17, 15) is 4.79 Å². The summed E-state index contributed by atoms with van der Waals surface area (Å²) in [5.41, 5.74) is 4.20. The van der Waals surface area contributed by atoms with Gasteiger partial charge < -0.3 is 9.80 Å². The van der Waals surface area contributed by atoms with E-state index < -0.39 is 0 Å². The molecular formula is C20H24N2O. The number of nitrogens with zero attached hydrogens (tertiary/aromatic N) is 2. The first kappa shape index (κ1) is 15.8. The third-order valence-corrected chi connectivity index (χ3v) is 4.66. The predicted molar refractivity (Wildman–Crippen MR) is 95.1 cm³/mol. The number of hydrogen-bond acceptors (Lipinski definition) is 2. The van der Waals surface area contributed by atoms with E-state index in [-0.39, 0.29) is 5.91 Å². The highest BCUT2D eigenvalue weighted by Gasteiger charge is 2.27. The van der Waals surface area contributed by atoms with Crippen molar-refractivity contribution in [2.24, 2.45) is 0 Å². The van der Waals surface area contributed by atoms with Crippen LogP contribution >= 0.6 is 0 Å². The molecule has 120 valence electrons. The monoisotopic (exact) mass is 308 g/mol. The summed E-state index contributed by atoms with van der Waals surface area (Å²) in [7, 11) is 4.19. The molecule has 3 nitrogen and oxygen atoms in total. The second-order valence-electron chi connectivity index (χ2n) is 6.57. The van der Waals surface area contributed by atoms with Gasteiger partial charge in [0, 0.05) is 23.8 Å². The zero-order valence-corrected chi connectivity index (χ0v) is 14.1. The van der Waals surface area contributed by atoms with E-state index in [4.69, 9.17) is 0 Å². The van der Waals surface area contributed by atoms with Crippen LogP contribution in [0.25, 0.3) is 0 Å². The molecule has 1 amide bonds. The van der Waals surface area contributed by atoms with Gasteiger partial charge in [-0.1, -0.05) is 35.9 Å². The molecule has 1 heterocycles. The number of benzene rings is 2. The maximum atomic E-state index is 13.1. The molecule has 0 aromatic heterocycles. The fourth-order valence-corrected chi connectivity index (χ4v) is 3.26. The van der Waals surface area contributed by atoms with Gasteiger partial charge in [-0.3, -0.25) is 4.79 Å². The highest BCUT2D eigenvalue weighted by molar-refractivity contribution is 6.06. The van der Waals surface area contributed by atoms with Crippen LogP contribution in [0.1, 0.15) is 27.9 Å². The lowest BCUT2D eigenvalue weighted by molar-refractivity contribution is 0.0979. The molecule has 0 saturated heterocycles. The molecule has 2 aromatic carbocycles. The Morgan fingerprint density at radius 1 is 1.13 bits per heavy atom.